The van der Waals surface area contributed by atoms with E-state index in [4.69, 9.17) is 9.47 Å². The first-order valence-corrected chi connectivity index (χ1v) is 5.07. The number of rotatable bonds is 10. The Morgan fingerprint density at radius 3 is 2.38 bits per heavy atom. The molecule has 1 amide bonds. The molecule has 0 aromatic heterocycles. The maximum atomic E-state index is 10.9. The van der Waals surface area contributed by atoms with E-state index < -0.39 is 0 Å². The van der Waals surface area contributed by atoms with Crippen molar-refractivity contribution in [3.63, 3.8) is 0 Å². The van der Waals surface area contributed by atoms with E-state index in [0.717, 1.165) is 0 Å². The van der Waals surface area contributed by atoms with Crippen molar-refractivity contribution in [2.45, 2.75) is 6.92 Å². The predicted octanol–water partition coefficient (Wildman–Crippen LogP) is -0.629. The molecule has 1 N–H and O–H groups in total. The summed E-state index contributed by atoms with van der Waals surface area (Å²) in [6.07, 6.45) is 0. The molecule has 0 aliphatic heterocycles. The van der Waals surface area contributed by atoms with Crippen LogP contribution in [0.2, 0.25) is 0 Å². The molecule has 0 spiro atoms. The highest BCUT2D eigenvalue weighted by molar-refractivity contribution is 5.77. The van der Waals surface area contributed by atoms with Crippen LogP contribution in [0.5, 0.6) is 0 Å². The first-order chi connectivity index (χ1) is 7.66. The third-order valence-corrected chi connectivity index (χ3v) is 1.52. The Hall–Kier alpha value is -0.980. The van der Waals surface area contributed by atoms with Crippen LogP contribution >= 0.6 is 0 Å². The summed E-state index contributed by atoms with van der Waals surface area (Å²) in [7, 11) is 1.46. The van der Waals surface area contributed by atoms with E-state index in [1.165, 1.54) is 14.0 Å². The quantitative estimate of drug-likeness (QED) is 0.509. The topological polar surface area (TPSA) is 73.9 Å². The summed E-state index contributed by atoms with van der Waals surface area (Å²) in [4.78, 5) is 21.4. The zero-order valence-electron chi connectivity index (χ0n) is 9.78. The molecule has 0 rings (SSSR count). The predicted molar refractivity (Wildman–Crippen MR) is 57.2 cm³/mol. The first kappa shape index (κ1) is 15.0. The maximum absolute atomic E-state index is 10.9. The molecule has 0 saturated carbocycles. The zero-order chi connectivity index (χ0) is 12.2. The number of ketones is 1. The number of carbonyl (C=O) groups excluding carboxylic acids is 2. The van der Waals surface area contributed by atoms with Crippen molar-refractivity contribution in [1.82, 2.24) is 5.32 Å². The monoisotopic (exact) mass is 233 g/mol. The first-order valence-electron chi connectivity index (χ1n) is 5.07. The molecule has 0 heterocycles. The minimum atomic E-state index is -0.168. The highest BCUT2D eigenvalue weighted by Gasteiger charge is 1.98. The van der Waals surface area contributed by atoms with Crippen molar-refractivity contribution in [3.8, 4) is 0 Å². The maximum Gasteiger partial charge on any atom is 0.246 e. The molecule has 16 heavy (non-hydrogen) atoms. The largest absolute Gasteiger partial charge is 0.377 e. The molecule has 0 radical (unpaired) electrons. The lowest BCUT2D eigenvalue weighted by Crippen LogP contribution is -2.30. The van der Waals surface area contributed by atoms with Crippen molar-refractivity contribution in [2.24, 2.45) is 0 Å². The number of Topliss-reactive ketones (excluding diaryl/α,β-unsaturated/α-hetero) is 1. The van der Waals surface area contributed by atoms with E-state index >= 15 is 0 Å². The smallest absolute Gasteiger partial charge is 0.246 e. The second-order valence-electron chi connectivity index (χ2n) is 3.15. The van der Waals surface area contributed by atoms with Gasteiger partial charge in [0.05, 0.1) is 19.8 Å². The molecule has 0 saturated heterocycles. The van der Waals surface area contributed by atoms with E-state index in [0.29, 0.717) is 26.4 Å². The average molecular weight is 233 g/mol. The van der Waals surface area contributed by atoms with E-state index in [1.807, 2.05) is 0 Å². The summed E-state index contributed by atoms with van der Waals surface area (Å²) >= 11 is 0. The van der Waals surface area contributed by atoms with Crippen LogP contribution < -0.4 is 5.32 Å². The van der Waals surface area contributed by atoms with Gasteiger partial charge in [-0.2, -0.15) is 0 Å². The minimum absolute atomic E-state index is 0.00757. The molecule has 0 atom stereocenters. The van der Waals surface area contributed by atoms with Crippen LogP contribution in [-0.2, 0) is 23.8 Å². The van der Waals surface area contributed by atoms with Crippen LogP contribution in [0.15, 0.2) is 0 Å². The molecule has 0 aliphatic carbocycles. The van der Waals surface area contributed by atoms with Crippen LogP contribution in [0.25, 0.3) is 0 Å². The number of ether oxygens (including phenoxy) is 3. The summed E-state index contributed by atoms with van der Waals surface area (Å²) < 4.78 is 14.8. The highest BCUT2D eigenvalue weighted by atomic mass is 16.5. The van der Waals surface area contributed by atoms with Gasteiger partial charge in [-0.25, -0.2) is 0 Å². The van der Waals surface area contributed by atoms with Crippen LogP contribution in [0, 0.1) is 0 Å². The third-order valence-electron chi connectivity index (χ3n) is 1.52. The molecule has 0 fully saturated rings. The Morgan fingerprint density at radius 2 is 1.75 bits per heavy atom. The van der Waals surface area contributed by atoms with Crippen molar-refractivity contribution >= 4 is 11.7 Å². The van der Waals surface area contributed by atoms with E-state index in [1.54, 1.807) is 0 Å². The number of nitrogens with one attached hydrogen (secondary N) is 1. The van der Waals surface area contributed by atoms with Gasteiger partial charge < -0.3 is 19.5 Å². The molecule has 0 bridgehead atoms. The molecule has 6 heteroatoms. The Labute approximate surface area is 95.2 Å². The zero-order valence-corrected chi connectivity index (χ0v) is 9.78. The fourth-order valence-corrected chi connectivity index (χ4v) is 0.881. The van der Waals surface area contributed by atoms with Crippen molar-refractivity contribution in [1.29, 1.82) is 0 Å². The lowest BCUT2D eigenvalue weighted by atomic mass is 10.5. The van der Waals surface area contributed by atoms with Crippen LogP contribution in [0.1, 0.15) is 6.92 Å². The van der Waals surface area contributed by atoms with Gasteiger partial charge in [0.1, 0.15) is 13.2 Å². The number of amides is 1. The lowest BCUT2D eigenvalue weighted by molar-refractivity contribution is -0.125. The van der Waals surface area contributed by atoms with Gasteiger partial charge >= 0.3 is 0 Å². The standard InChI is InChI=1S/C10H19NO5/c1-9(12)7-16-6-5-15-4-3-11-10(13)8-14-2/h3-8H2,1-2H3,(H,11,13). The average Bonchev–Trinajstić information content (AvgIpc) is 2.22. The SMILES string of the molecule is COCC(=O)NCCOCCOCC(C)=O. The molecule has 0 aliphatic rings. The van der Waals surface area contributed by atoms with Gasteiger partial charge in [-0.3, -0.25) is 9.59 Å². The number of methoxy groups -OCH3 is 1. The summed E-state index contributed by atoms with van der Waals surface area (Å²) in [6.45, 7) is 3.29. The molecular formula is C10H19NO5. The summed E-state index contributed by atoms with van der Waals surface area (Å²) in [5.74, 6) is -0.175. The highest BCUT2D eigenvalue weighted by Crippen LogP contribution is 1.79. The Kier molecular flexibility index (Phi) is 9.89. The minimum Gasteiger partial charge on any atom is -0.377 e. The van der Waals surface area contributed by atoms with Crippen molar-refractivity contribution < 1.29 is 23.8 Å². The number of carbonyl (C=O) groups is 2. The van der Waals surface area contributed by atoms with Gasteiger partial charge in [0, 0.05) is 13.7 Å². The van der Waals surface area contributed by atoms with Crippen LogP contribution in [-0.4, -0.2) is 58.4 Å². The van der Waals surface area contributed by atoms with Crippen LogP contribution in [0.4, 0.5) is 0 Å². The van der Waals surface area contributed by atoms with E-state index in [9.17, 15) is 9.59 Å². The fraction of sp³-hybridized carbons (Fsp3) is 0.800. The second-order valence-corrected chi connectivity index (χ2v) is 3.15. The van der Waals surface area contributed by atoms with E-state index in [-0.39, 0.29) is 24.9 Å². The molecular weight excluding hydrogens is 214 g/mol. The van der Waals surface area contributed by atoms with Gasteiger partial charge in [-0.05, 0) is 6.92 Å². The molecule has 94 valence electrons. The van der Waals surface area contributed by atoms with Gasteiger partial charge in [0.25, 0.3) is 0 Å². The third kappa shape index (κ3) is 11.1. The Bertz CT molecular complexity index is 207. The normalized spacial score (nSPS) is 10.1. The molecule has 0 unspecified atom stereocenters. The molecule has 0 aromatic carbocycles. The lowest BCUT2D eigenvalue weighted by Gasteiger charge is -2.06. The van der Waals surface area contributed by atoms with Crippen LogP contribution in [0.3, 0.4) is 0 Å². The number of hydrogen-bond donors (Lipinski definition) is 1. The summed E-state index contributed by atoms with van der Waals surface area (Å²) in [5.41, 5.74) is 0. The van der Waals surface area contributed by atoms with Crippen molar-refractivity contribution in [2.75, 3.05) is 46.7 Å². The van der Waals surface area contributed by atoms with Gasteiger partial charge in [0.2, 0.25) is 5.91 Å². The van der Waals surface area contributed by atoms with Gasteiger partial charge in [0.15, 0.2) is 5.78 Å². The van der Waals surface area contributed by atoms with Gasteiger partial charge in [-0.15, -0.1) is 0 Å². The Morgan fingerprint density at radius 1 is 1.06 bits per heavy atom. The Balaban J connectivity index is 3.09. The number of hydrogen-bond acceptors (Lipinski definition) is 5. The fourth-order valence-electron chi connectivity index (χ4n) is 0.881. The molecule has 0 aromatic rings. The molecule has 6 nitrogen and oxygen atoms in total. The summed E-state index contributed by atoms with van der Waals surface area (Å²) in [5, 5.41) is 2.61. The van der Waals surface area contributed by atoms with Crippen molar-refractivity contribution in [3.05, 3.63) is 0 Å². The van der Waals surface area contributed by atoms with E-state index in [2.05, 4.69) is 10.1 Å². The van der Waals surface area contributed by atoms with Gasteiger partial charge in [-0.1, -0.05) is 0 Å². The summed E-state index contributed by atoms with van der Waals surface area (Å²) in [6, 6.07) is 0. The second kappa shape index (κ2) is 10.5.